The highest BCUT2D eigenvalue weighted by atomic mass is 19.1. The Labute approximate surface area is 140 Å². The van der Waals surface area contributed by atoms with Crippen LogP contribution in [0.25, 0.3) is 0 Å². The van der Waals surface area contributed by atoms with Gasteiger partial charge in [0.15, 0.2) is 0 Å². The highest BCUT2D eigenvalue weighted by Crippen LogP contribution is 2.13. The number of anilines is 1. The largest absolute Gasteiger partial charge is 0.387 e. The molecule has 128 valence electrons. The summed E-state index contributed by atoms with van der Waals surface area (Å²) in [6.07, 6.45) is -0.902. The predicted octanol–water partition coefficient (Wildman–Crippen LogP) is 3.22. The first-order valence-electron chi connectivity index (χ1n) is 7.73. The molecule has 3 N–H and O–H groups in total. The molecule has 0 aromatic heterocycles. The molecule has 0 aliphatic rings. The van der Waals surface area contributed by atoms with Crippen LogP contribution in [0.2, 0.25) is 0 Å². The van der Waals surface area contributed by atoms with Gasteiger partial charge in [-0.05, 0) is 42.3 Å². The van der Waals surface area contributed by atoms with E-state index in [4.69, 9.17) is 4.74 Å². The molecule has 0 spiro atoms. The minimum absolute atomic E-state index is 0.0239. The van der Waals surface area contributed by atoms with Crippen LogP contribution in [-0.2, 0) is 11.3 Å². The number of benzene rings is 2. The van der Waals surface area contributed by atoms with Crippen molar-refractivity contribution >= 4 is 11.7 Å². The van der Waals surface area contributed by atoms with Crippen molar-refractivity contribution in [2.45, 2.75) is 19.6 Å². The summed E-state index contributed by atoms with van der Waals surface area (Å²) in [5.41, 5.74) is 2.14. The molecule has 0 radical (unpaired) electrons. The fourth-order valence-electron chi connectivity index (χ4n) is 2.13. The van der Waals surface area contributed by atoms with Gasteiger partial charge < -0.3 is 20.5 Å². The quantitative estimate of drug-likeness (QED) is 0.729. The lowest BCUT2D eigenvalue weighted by atomic mass is 10.1. The summed E-state index contributed by atoms with van der Waals surface area (Å²) in [7, 11) is 0. The van der Waals surface area contributed by atoms with E-state index < -0.39 is 12.1 Å². The molecule has 5 nitrogen and oxygen atoms in total. The zero-order valence-corrected chi connectivity index (χ0v) is 13.5. The number of ether oxygens (including phenoxy) is 1. The molecule has 0 aliphatic heterocycles. The fourth-order valence-corrected chi connectivity index (χ4v) is 2.13. The van der Waals surface area contributed by atoms with Crippen molar-refractivity contribution in [1.29, 1.82) is 0 Å². The predicted molar refractivity (Wildman–Crippen MR) is 90.2 cm³/mol. The molecule has 2 amide bonds. The Morgan fingerprint density at radius 3 is 2.71 bits per heavy atom. The van der Waals surface area contributed by atoms with Gasteiger partial charge >= 0.3 is 6.03 Å². The number of hydrogen-bond acceptors (Lipinski definition) is 3. The van der Waals surface area contributed by atoms with Gasteiger partial charge in [-0.1, -0.05) is 24.3 Å². The number of halogens is 1. The SMILES string of the molecule is CCOCc1cccc(NC(=O)NCC(O)c2ccc(F)cc2)c1. The monoisotopic (exact) mass is 332 g/mol. The Morgan fingerprint density at radius 2 is 2.00 bits per heavy atom. The van der Waals surface area contributed by atoms with Crippen LogP contribution < -0.4 is 10.6 Å². The van der Waals surface area contributed by atoms with Gasteiger partial charge in [0.05, 0.1) is 12.7 Å². The summed E-state index contributed by atoms with van der Waals surface area (Å²) >= 11 is 0. The van der Waals surface area contributed by atoms with E-state index in [1.165, 1.54) is 24.3 Å². The summed E-state index contributed by atoms with van der Waals surface area (Å²) in [5, 5.41) is 15.3. The molecule has 24 heavy (non-hydrogen) atoms. The lowest BCUT2D eigenvalue weighted by Crippen LogP contribution is -2.32. The Bertz CT molecular complexity index is 662. The highest BCUT2D eigenvalue weighted by Gasteiger charge is 2.10. The second kappa shape index (κ2) is 9.00. The molecular weight excluding hydrogens is 311 g/mol. The molecule has 1 atom stereocenters. The first-order valence-corrected chi connectivity index (χ1v) is 7.73. The minimum Gasteiger partial charge on any atom is -0.387 e. The van der Waals surface area contributed by atoms with Gasteiger partial charge in [0.2, 0.25) is 0 Å². The smallest absolute Gasteiger partial charge is 0.319 e. The minimum atomic E-state index is -0.902. The van der Waals surface area contributed by atoms with Gasteiger partial charge in [0.25, 0.3) is 0 Å². The lowest BCUT2D eigenvalue weighted by molar-refractivity contribution is 0.134. The van der Waals surface area contributed by atoms with Crippen LogP contribution in [0.5, 0.6) is 0 Å². The number of aliphatic hydroxyl groups excluding tert-OH is 1. The van der Waals surface area contributed by atoms with Gasteiger partial charge in [-0.3, -0.25) is 0 Å². The third-order valence-electron chi connectivity index (χ3n) is 3.37. The number of urea groups is 1. The molecule has 2 aromatic rings. The van der Waals surface area contributed by atoms with Crippen LogP contribution in [0.15, 0.2) is 48.5 Å². The zero-order chi connectivity index (χ0) is 17.4. The van der Waals surface area contributed by atoms with Crippen molar-refractivity contribution in [1.82, 2.24) is 5.32 Å². The maximum Gasteiger partial charge on any atom is 0.319 e. The van der Waals surface area contributed by atoms with E-state index in [1.54, 1.807) is 6.07 Å². The van der Waals surface area contributed by atoms with Gasteiger partial charge in [0.1, 0.15) is 5.82 Å². The Hall–Kier alpha value is -2.44. The molecule has 0 saturated carbocycles. The summed E-state index contributed by atoms with van der Waals surface area (Å²) in [4.78, 5) is 11.9. The normalized spacial score (nSPS) is 11.8. The molecule has 0 aliphatic carbocycles. The van der Waals surface area contributed by atoms with E-state index in [0.29, 0.717) is 24.5 Å². The molecule has 0 fully saturated rings. The standard InChI is InChI=1S/C18H21FN2O3/c1-2-24-12-13-4-3-5-16(10-13)21-18(23)20-11-17(22)14-6-8-15(19)9-7-14/h3-10,17,22H,2,11-12H2,1H3,(H2,20,21,23). The van der Waals surface area contributed by atoms with Crippen LogP contribution in [-0.4, -0.2) is 24.3 Å². The van der Waals surface area contributed by atoms with Crippen LogP contribution in [0.3, 0.4) is 0 Å². The number of carbonyl (C=O) groups excluding carboxylic acids is 1. The number of nitrogens with one attached hydrogen (secondary N) is 2. The summed E-state index contributed by atoms with van der Waals surface area (Å²) in [6.45, 7) is 3.05. The molecule has 1 unspecified atom stereocenters. The molecule has 0 saturated heterocycles. The number of hydrogen-bond donors (Lipinski definition) is 3. The lowest BCUT2D eigenvalue weighted by Gasteiger charge is -2.13. The van der Waals surface area contributed by atoms with E-state index in [1.807, 2.05) is 25.1 Å². The van der Waals surface area contributed by atoms with Crippen molar-refractivity contribution in [2.75, 3.05) is 18.5 Å². The second-order valence-electron chi connectivity index (χ2n) is 5.24. The van der Waals surface area contributed by atoms with E-state index in [0.717, 1.165) is 5.56 Å². The van der Waals surface area contributed by atoms with Crippen molar-refractivity contribution in [3.05, 3.63) is 65.5 Å². The van der Waals surface area contributed by atoms with Gasteiger partial charge in [-0.25, -0.2) is 9.18 Å². The van der Waals surface area contributed by atoms with Crippen LogP contribution >= 0.6 is 0 Å². The van der Waals surface area contributed by atoms with Gasteiger partial charge in [-0.15, -0.1) is 0 Å². The Morgan fingerprint density at radius 1 is 1.25 bits per heavy atom. The molecule has 2 aromatic carbocycles. The summed E-state index contributed by atoms with van der Waals surface area (Å²) < 4.78 is 18.2. The first-order chi connectivity index (χ1) is 11.6. The summed E-state index contributed by atoms with van der Waals surface area (Å²) in [6, 6.07) is 12.4. The van der Waals surface area contributed by atoms with Crippen molar-refractivity contribution in [3.63, 3.8) is 0 Å². The Balaban J connectivity index is 1.83. The van der Waals surface area contributed by atoms with Gasteiger partial charge in [0, 0.05) is 18.8 Å². The molecule has 6 heteroatoms. The third kappa shape index (κ3) is 5.64. The number of amides is 2. The van der Waals surface area contributed by atoms with E-state index in [2.05, 4.69) is 10.6 Å². The Kier molecular flexibility index (Phi) is 6.72. The van der Waals surface area contributed by atoms with Crippen LogP contribution in [0, 0.1) is 5.82 Å². The second-order valence-corrected chi connectivity index (χ2v) is 5.24. The maximum absolute atomic E-state index is 12.8. The van der Waals surface area contributed by atoms with Crippen molar-refractivity contribution in [3.8, 4) is 0 Å². The zero-order valence-electron chi connectivity index (χ0n) is 13.5. The van der Waals surface area contributed by atoms with Crippen molar-refractivity contribution in [2.24, 2.45) is 0 Å². The fraction of sp³-hybridized carbons (Fsp3) is 0.278. The maximum atomic E-state index is 12.8. The molecule has 0 bridgehead atoms. The average Bonchev–Trinajstić information content (AvgIpc) is 2.59. The number of rotatable bonds is 7. The van der Waals surface area contributed by atoms with Gasteiger partial charge in [-0.2, -0.15) is 0 Å². The average molecular weight is 332 g/mol. The van der Waals surface area contributed by atoms with E-state index in [9.17, 15) is 14.3 Å². The molecular formula is C18H21FN2O3. The summed E-state index contributed by atoms with van der Waals surface area (Å²) in [5.74, 6) is -0.372. The highest BCUT2D eigenvalue weighted by molar-refractivity contribution is 5.89. The van der Waals surface area contributed by atoms with E-state index in [-0.39, 0.29) is 12.4 Å². The third-order valence-corrected chi connectivity index (χ3v) is 3.37. The number of aliphatic hydroxyl groups is 1. The molecule has 2 rings (SSSR count). The van der Waals surface area contributed by atoms with E-state index >= 15 is 0 Å². The van der Waals surface area contributed by atoms with Crippen molar-refractivity contribution < 1.29 is 19.0 Å². The number of carbonyl (C=O) groups is 1. The topological polar surface area (TPSA) is 70.6 Å². The van der Waals surface area contributed by atoms with Crippen LogP contribution in [0.1, 0.15) is 24.2 Å². The molecule has 0 heterocycles. The first kappa shape index (κ1) is 17.9. The van der Waals surface area contributed by atoms with Crippen LogP contribution in [0.4, 0.5) is 14.9 Å².